The minimum absolute atomic E-state index is 0.446. The molecule has 0 bridgehead atoms. The lowest BCUT2D eigenvalue weighted by Crippen LogP contribution is -2.29. The SMILES string of the molecule is C=CC[C@@H](C)CC1(C[C@@H]2CO2)SCCCS1. The van der Waals surface area contributed by atoms with Gasteiger partial charge in [0.15, 0.2) is 0 Å². The second kappa shape index (κ2) is 5.83. The van der Waals surface area contributed by atoms with Crippen molar-refractivity contribution in [3.8, 4) is 0 Å². The third kappa shape index (κ3) is 3.71. The Balaban J connectivity index is 1.91. The smallest absolute Gasteiger partial charge is 0.0831 e. The van der Waals surface area contributed by atoms with Crippen LogP contribution in [0.2, 0.25) is 0 Å². The van der Waals surface area contributed by atoms with E-state index in [0.717, 1.165) is 18.9 Å². The predicted molar refractivity (Wildman–Crippen MR) is 75.2 cm³/mol. The van der Waals surface area contributed by atoms with E-state index >= 15 is 0 Å². The molecule has 2 rings (SSSR count). The summed E-state index contributed by atoms with van der Waals surface area (Å²) in [5.41, 5.74) is 0. The van der Waals surface area contributed by atoms with Crippen LogP contribution in [0.25, 0.3) is 0 Å². The molecular weight excluding hydrogens is 236 g/mol. The van der Waals surface area contributed by atoms with E-state index in [2.05, 4.69) is 43.1 Å². The molecule has 0 aliphatic carbocycles. The first-order chi connectivity index (χ1) is 7.74. The molecule has 0 N–H and O–H groups in total. The molecule has 0 amide bonds. The molecule has 0 aromatic heterocycles. The van der Waals surface area contributed by atoms with Gasteiger partial charge in [-0.2, -0.15) is 0 Å². The Bertz CT molecular complexity index is 232. The lowest BCUT2D eigenvalue weighted by atomic mass is 9.99. The quantitative estimate of drug-likeness (QED) is 0.529. The monoisotopic (exact) mass is 258 g/mol. The first-order valence-corrected chi connectivity index (χ1v) is 8.22. The highest BCUT2D eigenvalue weighted by molar-refractivity contribution is 8.18. The van der Waals surface area contributed by atoms with Crippen LogP contribution in [-0.2, 0) is 4.74 Å². The van der Waals surface area contributed by atoms with Crippen LogP contribution < -0.4 is 0 Å². The molecule has 2 atom stereocenters. The number of hydrogen-bond acceptors (Lipinski definition) is 3. The van der Waals surface area contributed by atoms with Crippen LogP contribution in [0.3, 0.4) is 0 Å². The van der Waals surface area contributed by atoms with Gasteiger partial charge in [0.05, 0.1) is 16.8 Å². The van der Waals surface area contributed by atoms with Gasteiger partial charge < -0.3 is 4.74 Å². The first kappa shape index (κ1) is 12.8. The number of epoxide rings is 1. The molecule has 2 aliphatic rings. The van der Waals surface area contributed by atoms with Crippen molar-refractivity contribution in [1.82, 2.24) is 0 Å². The van der Waals surface area contributed by atoms with Gasteiger partial charge in [0.25, 0.3) is 0 Å². The zero-order valence-electron chi connectivity index (χ0n) is 10.1. The summed E-state index contributed by atoms with van der Waals surface area (Å²) < 4.78 is 5.88. The Morgan fingerprint density at radius 1 is 1.50 bits per heavy atom. The number of rotatable bonds is 6. The largest absolute Gasteiger partial charge is 0.373 e. The van der Waals surface area contributed by atoms with Crippen LogP contribution in [-0.4, -0.2) is 28.3 Å². The lowest BCUT2D eigenvalue weighted by molar-refractivity contribution is 0.375. The van der Waals surface area contributed by atoms with Gasteiger partial charge in [-0.15, -0.1) is 30.1 Å². The molecule has 0 radical (unpaired) electrons. The zero-order valence-corrected chi connectivity index (χ0v) is 11.7. The summed E-state index contributed by atoms with van der Waals surface area (Å²) in [7, 11) is 0. The van der Waals surface area contributed by atoms with Crippen molar-refractivity contribution < 1.29 is 4.74 Å². The highest BCUT2D eigenvalue weighted by Crippen LogP contribution is 2.51. The Morgan fingerprint density at radius 3 is 2.75 bits per heavy atom. The molecule has 0 spiro atoms. The fourth-order valence-electron chi connectivity index (χ4n) is 2.37. The van der Waals surface area contributed by atoms with Crippen molar-refractivity contribution in [1.29, 1.82) is 0 Å². The van der Waals surface area contributed by atoms with Crippen molar-refractivity contribution in [3.63, 3.8) is 0 Å². The van der Waals surface area contributed by atoms with E-state index in [1.165, 1.54) is 30.8 Å². The molecule has 0 unspecified atom stereocenters. The molecule has 16 heavy (non-hydrogen) atoms. The van der Waals surface area contributed by atoms with Gasteiger partial charge in [0, 0.05) is 0 Å². The van der Waals surface area contributed by atoms with Crippen molar-refractivity contribution in [2.24, 2.45) is 5.92 Å². The molecule has 2 heterocycles. The van der Waals surface area contributed by atoms with E-state index in [9.17, 15) is 0 Å². The average molecular weight is 258 g/mol. The van der Waals surface area contributed by atoms with Gasteiger partial charge >= 0.3 is 0 Å². The fraction of sp³-hybridized carbons (Fsp3) is 0.846. The first-order valence-electron chi connectivity index (χ1n) is 6.24. The van der Waals surface area contributed by atoms with E-state index in [-0.39, 0.29) is 0 Å². The van der Waals surface area contributed by atoms with Crippen molar-refractivity contribution in [2.75, 3.05) is 18.1 Å². The summed E-state index contributed by atoms with van der Waals surface area (Å²) >= 11 is 4.36. The van der Waals surface area contributed by atoms with Gasteiger partial charge in [-0.3, -0.25) is 0 Å². The summed E-state index contributed by atoms with van der Waals surface area (Å²) in [4.78, 5) is 0. The topological polar surface area (TPSA) is 12.5 Å². The van der Waals surface area contributed by atoms with Crippen LogP contribution in [0, 0.1) is 5.92 Å². The number of hydrogen-bond donors (Lipinski definition) is 0. The van der Waals surface area contributed by atoms with Crippen LogP contribution in [0.1, 0.15) is 32.6 Å². The molecule has 0 aromatic rings. The van der Waals surface area contributed by atoms with Crippen LogP contribution in [0.15, 0.2) is 12.7 Å². The third-order valence-corrected chi connectivity index (χ3v) is 6.60. The molecule has 2 aliphatic heterocycles. The third-order valence-electron chi connectivity index (χ3n) is 3.19. The highest BCUT2D eigenvalue weighted by atomic mass is 32.2. The van der Waals surface area contributed by atoms with Gasteiger partial charge in [-0.1, -0.05) is 13.0 Å². The molecule has 2 saturated heterocycles. The van der Waals surface area contributed by atoms with Crippen LogP contribution in [0.4, 0.5) is 0 Å². The number of allylic oxidation sites excluding steroid dienone is 1. The molecule has 2 fully saturated rings. The Kier molecular flexibility index (Phi) is 4.68. The second-order valence-corrected chi connectivity index (χ2v) is 8.17. The molecule has 0 aromatic carbocycles. The minimum Gasteiger partial charge on any atom is -0.373 e. The molecule has 0 saturated carbocycles. The van der Waals surface area contributed by atoms with Gasteiger partial charge in [-0.05, 0) is 43.1 Å². The second-order valence-electron chi connectivity index (χ2n) is 4.95. The van der Waals surface area contributed by atoms with Crippen LogP contribution in [0.5, 0.6) is 0 Å². The minimum atomic E-state index is 0.446. The fourth-order valence-corrected chi connectivity index (χ4v) is 6.12. The Morgan fingerprint density at radius 2 is 2.19 bits per heavy atom. The summed E-state index contributed by atoms with van der Waals surface area (Å²) in [5.74, 6) is 3.43. The van der Waals surface area contributed by atoms with E-state index < -0.39 is 0 Å². The molecule has 1 nitrogen and oxygen atoms in total. The Labute approximate surface area is 108 Å². The normalized spacial score (nSPS) is 29.7. The molecular formula is C13H22OS2. The van der Waals surface area contributed by atoms with Gasteiger partial charge in [0.1, 0.15) is 0 Å². The lowest BCUT2D eigenvalue weighted by Gasteiger charge is -2.37. The van der Waals surface area contributed by atoms with E-state index in [1.807, 2.05) is 0 Å². The van der Waals surface area contributed by atoms with E-state index in [0.29, 0.717) is 10.2 Å². The van der Waals surface area contributed by atoms with Crippen LogP contribution >= 0.6 is 23.5 Å². The van der Waals surface area contributed by atoms with E-state index in [4.69, 9.17) is 4.74 Å². The summed E-state index contributed by atoms with van der Waals surface area (Å²) in [6, 6.07) is 0. The Hall–Kier alpha value is 0.400. The summed E-state index contributed by atoms with van der Waals surface area (Å²) in [6.07, 6.45) is 7.71. The predicted octanol–water partition coefficient (Wildman–Crippen LogP) is 3.94. The summed E-state index contributed by atoms with van der Waals surface area (Å²) in [6.45, 7) is 7.20. The molecule has 3 heteroatoms. The van der Waals surface area contributed by atoms with E-state index in [1.54, 1.807) is 0 Å². The van der Waals surface area contributed by atoms with Gasteiger partial charge in [0.2, 0.25) is 0 Å². The highest BCUT2D eigenvalue weighted by Gasteiger charge is 2.40. The maximum absolute atomic E-state index is 5.43. The maximum Gasteiger partial charge on any atom is 0.0831 e. The standard InChI is InChI=1S/C13H22OS2/c1-3-5-11(2)8-13(9-12-10-14-12)15-6-4-7-16-13/h3,11-12H,1,4-10H2,2H3/t11-,12-/m1/s1. The summed E-state index contributed by atoms with van der Waals surface area (Å²) in [5, 5.41) is 0. The number of thioether (sulfide) groups is 2. The maximum atomic E-state index is 5.43. The number of ether oxygens (including phenoxy) is 1. The average Bonchev–Trinajstić information content (AvgIpc) is 3.03. The van der Waals surface area contributed by atoms with Crippen molar-refractivity contribution >= 4 is 23.5 Å². The zero-order chi connectivity index (χ0) is 11.4. The van der Waals surface area contributed by atoms with Crippen molar-refractivity contribution in [2.45, 2.75) is 42.8 Å². The van der Waals surface area contributed by atoms with Gasteiger partial charge in [-0.25, -0.2) is 0 Å². The molecule has 92 valence electrons. The van der Waals surface area contributed by atoms with Crippen molar-refractivity contribution in [3.05, 3.63) is 12.7 Å².